The second kappa shape index (κ2) is 11.2. The molecule has 0 fully saturated rings. The summed E-state index contributed by atoms with van der Waals surface area (Å²) in [5, 5.41) is 23.2. The molecule has 0 saturated carbocycles. The number of nitrogens with zero attached hydrogens (tertiary/aromatic N) is 2. The molecule has 0 aliphatic heterocycles. The lowest BCUT2D eigenvalue weighted by molar-refractivity contribution is 0.102. The van der Waals surface area contributed by atoms with Gasteiger partial charge in [-0.3, -0.25) is 9.35 Å². The number of rotatable bonds is 8. The first-order chi connectivity index (χ1) is 18.1. The molecule has 0 saturated heterocycles. The van der Waals surface area contributed by atoms with E-state index in [1.165, 1.54) is 12.1 Å². The van der Waals surface area contributed by atoms with E-state index >= 15 is 0 Å². The van der Waals surface area contributed by atoms with Crippen molar-refractivity contribution < 1.29 is 27.6 Å². The van der Waals surface area contributed by atoms with Crippen molar-refractivity contribution in [2.75, 3.05) is 11.9 Å². The van der Waals surface area contributed by atoms with Gasteiger partial charge in [-0.1, -0.05) is 42.8 Å². The Morgan fingerprint density at radius 1 is 1.03 bits per heavy atom. The van der Waals surface area contributed by atoms with E-state index in [4.69, 9.17) is 16.3 Å². The van der Waals surface area contributed by atoms with E-state index in [9.17, 15) is 22.9 Å². The Kier molecular flexibility index (Phi) is 7.96. The highest BCUT2D eigenvalue weighted by molar-refractivity contribution is 7.85. The molecule has 4 aromatic rings. The first-order valence-corrected chi connectivity index (χ1v) is 13.4. The van der Waals surface area contributed by atoms with E-state index in [0.717, 1.165) is 6.07 Å². The molecule has 3 N–H and O–H groups in total. The van der Waals surface area contributed by atoms with Gasteiger partial charge in [0.25, 0.3) is 16.0 Å². The third kappa shape index (κ3) is 5.77. The number of benzene rings is 4. The fourth-order valence-electron chi connectivity index (χ4n) is 3.93. The fourth-order valence-corrected chi connectivity index (χ4v) is 5.17. The molecule has 11 heteroatoms. The number of carbonyl (C=O) groups is 1. The number of hydrogen-bond donors (Lipinski definition) is 3. The molecular formula is C27H24ClN3O6S. The molecule has 0 unspecified atom stereocenters. The van der Waals surface area contributed by atoms with E-state index in [1.54, 1.807) is 55.5 Å². The molecule has 196 valence electrons. The zero-order valence-electron chi connectivity index (χ0n) is 20.5. The van der Waals surface area contributed by atoms with Gasteiger partial charge in [-0.05, 0) is 66.8 Å². The van der Waals surface area contributed by atoms with Gasteiger partial charge in [-0.15, -0.1) is 5.11 Å². The summed E-state index contributed by atoms with van der Waals surface area (Å²) in [5.41, 5.74) is 0.744. The van der Waals surface area contributed by atoms with Crippen molar-refractivity contribution in [2.45, 2.75) is 25.2 Å². The highest BCUT2D eigenvalue weighted by Gasteiger charge is 2.20. The van der Waals surface area contributed by atoms with E-state index in [0.29, 0.717) is 28.8 Å². The Morgan fingerprint density at radius 2 is 1.74 bits per heavy atom. The minimum absolute atomic E-state index is 0.00374. The quantitative estimate of drug-likeness (QED) is 0.157. The van der Waals surface area contributed by atoms with Gasteiger partial charge < -0.3 is 15.2 Å². The van der Waals surface area contributed by atoms with Crippen molar-refractivity contribution in [1.29, 1.82) is 0 Å². The van der Waals surface area contributed by atoms with Crippen molar-refractivity contribution in [3.05, 3.63) is 82.9 Å². The van der Waals surface area contributed by atoms with E-state index in [1.807, 2.05) is 6.92 Å². The molecule has 0 radical (unpaired) electrons. The van der Waals surface area contributed by atoms with Crippen LogP contribution in [-0.2, 0) is 16.5 Å². The van der Waals surface area contributed by atoms with Crippen molar-refractivity contribution in [1.82, 2.24) is 0 Å². The monoisotopic (exact) mass is 553 g/mol. The Labute approximate surface area is 224 Å². The summed E-state index contributed by atoms with van der Waals surface area (Å²) >= 11 is 6.23. The van der Waals surface area contributed by atoms with Crippen molar-refractivity contribution in [3.63, 3.8) is 0 Å². The Bertz CT molecular complexity index is 1650. The molecular weight excluding hydrogens is 530 g/mol. The van der Waals surface area contributed by atoms with Gasteiger partial charge in [-0.25, -0.2) is 0 Å². The number of fused-ring (bicyclic) bond motifs is 1. The molecule has 38 heavy (non-hydrogen) atoms. The SMILES string of the molecule is CCOc1ccc(NC(=O)c2cc3ccccc3c(N=Nc3cc(Cl)c(CC)c(S(=O)(=O)O)c3)c2O)cc1. The number of ether oxygens (including phenoxy) is 1. The maximum atomic E-state index is 13.1. The zero-order chi connectivity index (χ0) is 27.4. The van der Waals surface area contributed by atoms with E-state index in [2.05, 4.69) is 15.5 Å². The lowest BCUT2D eigenvalue weighted by Gasteiger charge is -2.12. The van der Waals surface area contributed by atoms with Crippen LogP contribution < -0.4 is 10.1 Å². The molecule has 4 rings (SSSR count). The summed E-state index contributed by atoms with van der Waals surface area (Å²) in [6, 6.07) is 17.8. The maximum Gasteiger partial charge on any atom is 0.294 e. The summed E-state index contributed by atoms with van der Waals surface area (Å²) in [6.45, 7) is 4.08. The number of anilines is 1. The number of halogens is 1. The lowest BCUT2D eigenvalue weighted by atomic mass is 10.0. The lowest BCUT2D eigenvalue weighted by Crippen LogP contribution is -2.12. The van der Waals surface area contributed by atoms with E-state index in [-0.39, 0.29) is 38.8 Å². The summed E-state index contributed by atoms with van der Waals surface area (Å²) in [6.07, 6.45) is 0.266. The molecule has 0 aliphatic carbocycles. The van der Waals surface area contributed by atoms with Gasteiger partial charge in [0.2, 0.25) is 0 Å². The number of amides is 1. The van der Waals surface area contributed by atoms with Crippen LogP contribution in [0.25, 0.3) is 10.8 Å². The molecule has 0 aromatic heterocycles. The van der Waals surface area contributed by atoms with Crippen molar-refractivity contribution in [2.24, 2.45) is 10.2 Å². The predicted octanol–water partition coefficient (Wildman–Crippen LogP) is 7.07. The van der Waals surface area contributed by atoms with Crippen LogP contribution in [0.3, 0.4) is 0 Å². The number of azo groups is 1. The fraction of sp³-hybridized carbons (Fsp3) is 0.148. The highest BCUT2D eigenvalue weighted by Crippen LogP contribution is 2.40. The smallest absolute Gasteiger partial charge is 0.294 e. The molecule has 0 aliphatic rings. The average molecular weight is 554 g/mol. The molecule has 0 spiro atoms. The van der Waals surface area contributed by atoms with Crippen LogP contribution >= 0.6 is 11.6 Å². The first-order valence-electron chi connectivity index (χ1n) is 11.6. The van der Waals surface area contributed by atoms with Crippen LogP contribution in [0, 0.1) is 0 Å². The summed E-state index contributed by atoms with van der Waals surface area (Å²) in [5.74, 6) is -0.328. The van der Waals surface area contributed by atoms with Crippen LogP contribution in [0.15, 0.2) is 81.9 Å². The summed E-state index contributed by atoms with van der Waals surface area (Å²) in [7, 11) is -4.57. The van der Waals surface area contributed by atoms with Crippen molar-refractivity contribution in [3.8, 4) is 11.5 Å². The molecule has 4 aromatic carbocycles. The maximum absolute atomic E-state index is 13.1. The number of phenolic OH excluding ortho intramolecular Hbond substituents is 1. The molecule has 0 heterocycles. The van der Waals surface area contributed by atoms with Gasteiger partial charge in [-0.2, -0.15) is 13.5 Å². The van der Waals surface area contributed by atoms with Crippen LogP contribution in [-0.4, -0.2) is 30.6 Å². The highest BCUT2D eigenvalue weighted by atomic mass is 35.5. The van der Waals surface area contributed by atoms with Crippen molar-refractivity contribution >= 4 is 55.5 Å². The topological polar surface area (TPSA) is 138 Å². The second-order valence-electron chi connectivity index (χ2n) is 8.19. The standard InChI is InChI=1S/C27H24ClN3O6S/c1-3-20-23(28)14-18(15-24(20)38(34,35)36)30-31-25-21-8-6-5-7-16(21)13-22(26(25)32)27(33)29-17-9-11-19(12-10-17)37-4-2/h5-15,32H,3-4H2,1-2H3,(H,29,33)(H,34,35,36). The average Bonchev–Trinajstić information content (AvgIpc) is 2.88. The zero-order valence-corrected chi connectivity index (χ0v) is 22.0. The number of phenols is 1. The first kappa shape index (κ1) is 27.1. The number of carbonyl (C=O) groups excluding carboxylic acids is 1. The normalized spacial score (nSPS) is 11.7. The summed E-state index contributed by atoms with van der Waals surface area (Å²) in [4.78, 5) is 12.7. The minimum atomic E-state index is -4.57. The Morgan fingerprint density at radius 3 is 2.39 bits per heavy atom. The minimum Gasteiger partial charge on any atom is -0.505 e. The van der Waals surface area contributed by atoms with Crippen LogP contribution in [0.4, 0.5) is 17.1 Å². The van der Waals surface area contributed by atoms with Crippen LogP contribution in [0.5, 0.6) is 11.5 Å². The van der Waals surface area contributed by atoms with Gasteiger partial charge in [0, 0.05) is 16.1 Å². The van der Waals surface area contributed by atoms with Crippen LogP contribution in [0.1, 0.15) is 29.8 Å². The number of hydrogen-bond acceptors (Lipinski definition) is 7. The molecule has 0 bridgehead atoms. The van der Waals surface area contributed by atoms with E-state index < -0.39 is 21.8 Å². The Hall–Kier alpha value is -3.99. The van der Waals surface area contributed by atoms with Gasteiger partial charge in [0.05, 0.1) is 17.9 Å². The largest absolute Gasteiger partial charge is 0.505 e. The van der Waals surface area contributed by atoms with Gasteiger partial charge in [0.1, 0.15) is 16.3 Å². The predicted molar refractivity (Wildman–Crippen MR) is 146 cm³/mol. The number of nitrogens with one attached hydrogen (secondary N) is 1. The Balaban J connectivity index is 1.75. The third-order valence-electron chi connectivity index (χ3n) is 5.70. The van der Waals surface area contributed by atoms with Gasteiger partial charge >= 0.3 is 0 Å². The molecule has 0 atom stereocenters. The van der Waals surface area contributed by atoms with Gasteiger partial charge in [0.15, 0.2) is 5.75 Å². The third-order valence-corrected chi connectivity index (χ3v) is 6.96. The molecule has 1 amide bonds. The molecule has 9 nitrogen and oxygen atoms in total. The van der Waals surface area contributed by atoms with Crippen LogP contribution in [0.2, 0.25) is 5.02 Å². The number of aromatic hydroxyl groups is 1. The summed E-state index contributed by atoms with van der Waals surface area (Å²) < 4.78 is 38.8. The second-order valence-corrected chi connectivity index (χ2v) is 9.98.